The topological polar surface area (TPSA) is 55.4 Å². The summed E-state index contributed by atoms with van der Waals surface area (Å²) in [6.45, 7) is 5.75. The fraction of sp³-hybridized carbons (Fsp3) is 0.294. The Balaban J connectivity index is 1.98. The van der Waals surface area contributed by atoms with Gasteiger partial charge in [-0.15, -0.1) is 11.3 Å². The molecule has 0 aliphatic heterocycles. The van der Waals surface area contributed by atoms with E-state index in [-0.39, 0.29) is 12.4 Å². The molecule has 0 unspecified atom stereocenters. The van der Waals surface area contributed by atoms with E-state index in [4.69, 9.17) is 4.74 Å². The summed E-state index contributed by atoms with van der Waals surface area (Å²) >= 11 is 1.31. The van der Waals surface area contributed by atoms with Crippen LogP contribution in [-0.2, 0) is 11.3 Å². The zero-order chi connectivity index (χ0) is 16.2. The van der Waals surface area contributed by atoms with Gasteiger partial charge in [-0.25, -0.2) is 4.79 Å². The van der Waals surface area contributed by atoms with Gasteiger partial charge in [-0.1, -0.05) is 51.1 Å². The third-order valence-electron chi connectivity index (χ3n) is 3.02. The number of carbonyl (C=O) groups excluding carboxylic acids is 2. The average Bonchev–Trinajstić information content (AvgIpc) is 2.92. The highest BCUT2D eigenvalue weighted by Gasteiger charge is 2.26. The standard InChI is InChI=1S/C17H19NO3S/c1-17(2,3)14(19)13-9-10-22-15(13)18-16(20)21-11-12-7-5-4-6-8-12/h4-10H,11H2,1-3H3,(H,18,20). The maximum absolute atomic E-state index is 12.3. The molecule has 0 radical (unpaired) electrons. The van der Waals surface area contributed by atoms with E-state index in [0.717, 1.165) is 5.56 Å². The van der Waals surface area contributed by atoms with Crippen LogP contribution in [0, 0.1) is 5.41 Å². The number of hydrogen-bond acceptors (Lipinski definition) is 4. The second-order valence-electron chi connectivity index (χ2n) is 5.93. The molecule has 1 aromatic heterocycles. The highest BCUT2D eigenvalue weighted by Crippen LogP contribution is 2.30. The molecule has 116 valence electrons. The van der Waals surface area contributed by atoms with Crippen molar-refractivity contribution in [3.05, 3.63) is 52.9 Å². The first-order chi connectivity index (χ1) is 10.4. The Morgan fingerprint density at radius 3 is 2.45 bits per heavy atom. The molecule has 0 saturated carbocycles. The summed E-state index contributed by atoms with van der Waals surface area (Å²) in [5, 5.41) is 4.96. The van der Waals surface area contributed by atoms with Gasteiger partial charge >= 0.3 is 6.09 Å². The number of amides is 1. The van der Waals surface area contributed by atoms with Crippen LogP contribution in [0.25, 0.3) is 0 Å². The Labute approximate surface area is 134 Å². The summed E-state index contributed by atoms with van der Waals surface area (Å²) in [6, 6.07) is 11.2. The molecule has 0 atom stereocenters. The van der Waals surface area contributed by atoms with Gasteiger partial charge in [-0.05, 0) is 17.0 Å². The number of thiophene rings is 1. The number of rotatable bonds is 4. The van der Waals surface area contributed by atoms with E-state index >= 15 is 0 Å². The van der Waals surface area contributed by atoms with Crippen molar-refractivity contribution in [1.29, 1.82) is 0 Å². The molecule has 1 N–H and O–H groups in total. The molecule has 2 aromatic rings. The third kappa shape index (κ3) is 4.18. The van der Waals surface area contributed by atoms with E-state index in [1.54, 1.807) is 11.4 Å². The normalized spacial score (nSPS) is 11.0. The number of Topliss-reactive ketones (excluding diaryl/α,β-unsaturated/α-hetero) is 1. The molecule has 0 aliphatic carbocycles. The van der Waals surface area contributed by atoms with Crippen LogP contribution >= 0.6 is 11.3 Å². The monoisotopic (exact) mass is 317 g/mol. The number of hydrogen-bond donors (Lipinski definition) is 1. The smallest absolute Gasteiger partial charge is 0.412 e. The van der Waals surface area contributed by atoms with E-state index < -0.39 is 11.5 Å². The summed E-state index contributed by atoms with van der Waals surface area (Å²) in [4.78, 5) is 24.2. The van der Waals surface area contributed by atoms with E-state index in [0.29, 0.717) is 10.6 Å². The summed E-state index contributed by atoms with van der Waals surface area (Å²) in [6.07, 6.45) is -0.561. The molecule has 22 heavy (non-hydrogen) atoms. The zero-order valence-electron chi connectivity index (χ0n) is 12.9. The lowest BCUT2D eigenvalue weighted by atomic mass is 9.87. The Hall–Kier alpha value is -2.14. The Morgan fingerprint density at radius 2 is 1.82 bits per heavy atom. The van der Waals surface area contributed by atoms with Crippen molar-refractivity contribution in [2.24, 2.45) is 5.41 Å². The van der Waals surface area contributed by atoms with E-state index in [9.17, 15) is 9.59 Å². The van der Waals surface area contributed by atoms with Gasteiger partial charge in [0.1, 0.15) is 11.6 Å². The van der Waals surface area contributed by atoms with Crippen LogP contribution in [-0.4, -0.2) is 11.9 Å². The maximum Gasteiger partial charge on any atom is 0.412 e. The zero-order valence-corrected chi connectivity index (χ0v) is 13.7. The van der Waals surface area contributed by atoms with Crippen molar-refractivity contribution >= 4 is 28.2 Å². The van der Waals surface area contributed by atoms with Crippen molar-refractivity contribution in [2.45, 2.75) is 27.4 Å². The minimum Gasteiger partial charge on any atom is -0.444 e. The molecular formula is C17H19NO3S. The first-order valence-electron chi connectivity index (χ1n) is 6.98. The van der Waals surface area contributed by atoms with E-state index in [2.05, 4.69) is 5.32 Å². The van der Waals surface area contributed by atoms with E-state index in [1.165, 1.54) is 11.3 Å². The average molecular weight is 317 g/mol. The first kappa shape index (κ1) is 16.2. The van der Waals surface area contributed by atoms with Crippen LogP contribution < -0.4 is 5.32 Å². The SMILES string of the molecule is CC(C)(C)C(=O)c1ccsc1NC(=O)OCc1ccccc1. The lowest BCUT2D eigenvalue weighted by Gasteiger charge is -2.16. The summed E-state index contributed by atoms with van der Waals surface area (Å²) in [7, 11) is 0. The predicted octanol–water partition coefficient (Wildman–Crippen LogP) is 4.73. The van der Waals surface area contributed by atoms with E-state index in [1.807, 2.05) is 51.1 Å². The molecule has 0 aliphatic rings. The molecule has 4 nitrogen and oxygen atoms in total. The first-order valence-corrected chi connectivity index (χ1v) is 7.86. The fourth-order valence-corrected chi connectivity index (χ4v) is 2.61. The number of benzene rings is 1. The Bertz CT molecular complexity index is 656. The summed E-state index contributed by atoms with van der Waals surface area (Å²) in [5.41, 5.74) is 0.940. The van der Waals surface area contributed by atoms with Crippen LogP contribution in [0.2, 0.25) is 0 Å². The van der Waals surface area contributed by atoms with Gasteiger partial charge < -0.3 is 4.74 Å². The third-order valence-corrected chi connectivity index (χ3v) is 3.85. The molecule has 0 fully saturated rings. The largest absolute Gasteiger partial charge is 0.444 e. The number of nitrogens with one attached hydrogen (secondary N) is 1. The number of carbonyl (C=O) groups is 2. The van der Waals surface area contributed by atoms with Crippen LogP contribution in [0.4, 0.5) is 9.80 Å². The Kier molecular flexibility index (Phi) is 4.98. The van der Waals surface area contributed by atoms with Crippen LogP contribution in [0.15, 0.2) is 41.8 Å². The second-order valence-corrected chi connectivity index (χ2v) is 6.85. The van der Waals surface area contributed by atoms with Crippen LogP contribution in [0.3, 0.4) is 0 Å². The maximum atomic E-state index is 12.3. The minimum atomic E-state index is -0.561. The van der Waals surface area contributed by atoms with Crippen LogP contribution in [0.1, 0.15) is 36.7 Å². The molecule has 1 heterocycles. The lowest BCUT2D eigenvalue weighted by molar-refractivity contribution is 0.0859. The fourth-order valence-electron chi connectivity index (χ4n) is 1.84. The van der Waals surface area contributed by atoms with Gasteiger partial charge in [0.25, 0.3) is 0 Å². The molecule has 0 spiro atoms. The lowest BCUT2D eigenvalue weighted by Crippen LogP contribution is -2.22. The minimum absolute atomic E-state index is 0.00731. The van der Waals surface area contributed by atoms with Crippen molar-refractivity contribution in [1.82, 2.24) is 0 Å². The summed E-state index contributed by atoms with van der Waals surface area (Å²) in [5.74, 6) is -0.00731. The van der Waals surface area contributed by atoms with Crippen molar-refractivity contribution < 1.29 is 14.3 Å². The second kappa shape index (κ2) is 6.75. The van der Waals surface area contributed by atoms with Crippen molar-refractivity contribution in [2.75, 3.05) is 5.32 Å². The van der Waals surface area contributed by atoms with Gasteiger partial charge in [-0.3, -0.25) is 10.1 Å². The van der Waals surface area contributed by atoms with Crippen molar-refractivity contribution in [3.63, 3.8) is 0 Å². The van der Waals surface area contributed by atoms with Gasteiger partial charge in [-0.2, -0.15) is 0 Å². The van der Waals surface area contributed by atoms with Crippen LogP contribution in [0.5, 0.6) is 0 Å². The number of ketones is 1. The quantitative estimate of drug-likeness (QED) is 0.830. The molecule has 5 heteroatoms. The van der Waals surface area contributed by atoms with Gasteiger partial charge in [0.05, 0.1) is 5.56 Å². The molecule has 0 bridgehead atoms. The van der Waals surface area contributed by atoms with Gasteiger partial charge in [0.2, 0.25) is 0 Å². The number of anilines is 1. The summed E-state index contributed by atoms with van der Waals surface area (Å²) < 4.78 is 5.17. The molecule has 1 amide bonds. The Morgan fingerprint density at radius 1 is 1.14 bits per heavy atom. The molecule has 0 saturated heterocycles. The van der Waals surface area contributed by atoms with Gasteiger partial charge in [0, 0.05) is 5.41 Å². The van der Waals surface area contributed by atoms with Crippen molar-refractivity contribution in [3.8, 4) is 0 Å². The molecule has 1 aromatic carbocycles. The van der Waals surface area contributed by atoms with Gasteiger partial charge in [0.15, 0.2) is 5.78 Å². The number of ether oxygens (including phenoxy) is 1. The predicted molar refractivity (Wildman–Crippen MR) is 88.4 cm³/mol. The highest BCUT2D eigenvalue weighted by atomic mass is 32.1. The molecule has 2 rings (SSSR count). The molecular weight excluding hydrogens is 298 g/mol. The highest BCUT2D eigenvalue weighted by molar-refractivity contribution is 7.14.